The Bertz CT molecular complexity index is 527. The summed E-state index contributed by atoms with van der Waals surface area (Å²) in [7, 11) is 0. The third kappa shape index (κ3) is 5.54. The Labute approximate surface area is 140 Å². The van der Waals surface area contributed by atoms with Crippen molar-refractivity contribution in [1.29, 1.82) is 0 Å². The summed E-state index contributed by atoms with van der Waals surface area (Å²) in [5.74, 6) is 0.702. The van der Waals surface area contributed by atoms with Gasteiger partial charge < -0.3 is 15.5 Å². The molecule has 4 nitrogen and oxygen atoms in total. The second-order valence-electron chi connectivity index (χ2n) is 7.07. The Balaban J connectivity index is 1.71. The molecule has 0 aliphatic carbocycles. The highest BCUT2D eigenvalue weighted by Gasteiger charge is 2.21. The molecule has 2 N–H and O–H groups in total. The maximum absolute atomic E-state index is 12.0. The van der Waals surface area contributed by atoms with E-state index in [1.807, 2.05) is 18.2 Å². The Morgan fingerprint density at radius 1 is 1.30 bits per heavy atom. The molecule has 0 saturated carbocycles. The number of amides is 2. The Hall–Kier alpha value is -1.55. The zero-order chi connectivity index (χ0) is 16.8. The summed E-state index contributed by atoms with van der Waals surface area (Å²) >= 11 is 0. The molecule has 0 bridgehead atoms. The maximum atomic E-state index is 12.0. The zero-order valence-corrected chi connectivity index (χ0v) is 15.0. The van der Waals surface area contributed by atoms with Gasteiger partial charge in [-0.1, -0.05) is 6.07 Å². The lowest BCUT2D eigenvalue weighted by atomic mass is 9.94. The van der Waals surface area contributed by atoms with E-state index >= 15 is 0 Å². The fourth-order valence-electron chi connectivity index (χ4n) is 3.19. The summed E-state index contributed by atoms with van der Waals surface area (Å²) in [5.41, 5.74) is 3.29. The van der Waals surface area contributed by atoms with Gasteiger partial charge in [0.2, 0.25) is 0 Å². The summed E-state index contributed by atoms with van der Waals surface area (Å²) in [4.78, 5) is 14.5. The van der Waals surface area contributed by atoms with Gasteiger partial charge >= 0.3 is 6.03 Å². The number of nitrogens with zero attached hydrogens (tertiary/aromatic N) is 1. The number of urea groups is 1. The molecule has 0 aromatic heterocycles. The van der Waals surface area contributed by atoms with Gasteiger partial charge in [-0.25, -0.2) is 4.79 Å². The largest absolute Gasteiger partial charge is 0.338 e. The van der Waals surface area contributed by atoms with E-state index in [2.05, 4.69) is 43.2 Å². The van der Waals surface area contributed by atoms with Crippen molar-refractivity contribution in [3.63, 3.8) is 0 Å². The van der Waals surface area contributed by atoms with Crippen molar-refractivity contribution in [3.05, 3.63) is 29.3 Å². The van der Waals surface area contributed by atoms with Crippen LogP contribution in [-0.4, -0.2) is 36.6 Å². The molecule has 1 aromatic rings. The van der Waals surface area contributed by atoms with Gasteiger partial charge in [-0.05, 0) is 82.7 Å². The molecule has 2 amide bonds. The number of carbonyl (C=O) groups excluding carboxylic acids is 1. The maximum Gasteiger partial charge on any atom is 0.319 e. The standard InChI is InChI=1S/C19H31N3O/c1-14(2)22-11-5-6-17(13-22)9-10-20-19(23)21-18-8-7-15(3)16(4)12-18/h7-8,12,14,17H,5-6,9-11,13H2,1-4H3,(H2,20,21,23)/t17-/m0/s1. The molecular weight excluding hydrogens is 286 g/mol. The normalized spacial score (nSPS) is 18.9. The quantitative estimate of drug-likeness (QED) is 0.864. The van der Waals surface area contributed by atoms with Crippen LogP contribution >= 0.6 is 0 Å². The molecule has 0 unspecified atom stereocenters. The van der Waals surface area contributed by atoms with Crippen molar-refractivity contribution in [1.82, 2.24) is 10.2 Å². The summed E-state index contributed by atoms with van der Waals surface area (Å²) < 4.78 is 0. The number of piperidine rings is 1. The van der Waals surface area contributed by atoms with E-state index in [1.54, 1.807) is 0 Å². The number of likely N-dealkylation sites (tertiary alicyclic amines) is 1. The van der Waals surface area contributed by atoms with E-state index in [4.69, 9.17) is 0 Å². The molecule has 1 atom stereocenters. The third-order valence-electron chi connectivity index (χ3n) is 4.88. The molecule has 0 spiro atoms. The fourth-order valence-corrected chi connectivity index (χ4v) is 3.19. The van der Waals surface area contributed by atoms with Crippen LogP contribution < -0.4 is 10.6 Å². The molecule has 2 rings (SSSR count). The van der Waals surface area contributed by atoms with Crippen LogP contribution in [0.25, 0.3) is 0 Å². The minimum absolute atomic E-state index is 0.107. The minimum Gasteiger partial charge on any atom is -0.338 e. The molecular formula is C19H31N3O. The van der Waals surface area contributed by atoms with Gasteiger partial charge in [0.25, 0.3) is 0 Å². The van der Waals surface area contributed by atoms with Crippen molar-refractivity contribution in [3.8, 4) is 0 Å². The lowest BCUT2D eigenvalue weighted by Crippen LogP contribution is -2.41. The third-order valence-corrected chi connectivity index (χ3v) is 4.88. The lowest BCUT2D eigenvalue weighted by Gasteiger charge is -2.35. The summed E-state index contributed by atoms with van der Waals surface area (Å²) in [5, 5.41) is 5.90. The van der Waals surface area contributed by atoms with Crippen LogP contribution in [0.4, 0.5) is 10.5 Å². The number of aryl methyl sites for hydroxylation is 2. The molecule has 1 fully saturated rings. The van der Waals surface area contributed by atoms with Crippen molar-refractivity contribution in [2.45, 2.75) is 53.0 Å². The van der Waals surface area contributed by atoms with Gasteiger partial charge in [0.15, 0.2) is 0 Å². The first-order valence-electron chi connectivity index (χ1n) is 8.82. The molecule has 1 aromatic carbocycles. The van der Waals surface area contributed by atoms with E-state index in [0.717, 1.165) is 25.2 Å². The molecule has 4 heteroatoms. The monoisotopic (exact) mass is 317 g/mol. The van der Waals surface area contributed by atoms with Crippen LogP contribution in [0.2, 0.25) is 0 Å². The van der Waals surface area contributed by atoms with E-state index in [1.165, 1.54) is 30.5 Å². The Kier molecular flexibility index (Phi) is 6.46. The van der Waals surface area contributed by atoms with E-state index < -0.39 is 0 Å². The van der Waals surface area contributed by atoms with Gasteiger partial charge in [-0.3, -0.25) is 0 Å². The summed E-state index contributed by atoms with van der Waals surface area (Å²) in [6, 6.07) is 6.51. The van der Waals surface area contributed by atoms with Crippen LogP contribution in [0, 0.1) is 19.8 Å². The second-order valence-corrected chi connectivity index (χ2v) is 7.07. The molecule has 1 saturated heterocycles. The fraction of sp³-hybridized carbons (Fsp3) is 0.632. The summed E-state index contributed by atoms with van der Waals surface area (Å²) in [6.07, 6.45) is 3.62. The number of benzene rings is 1. The first kappa shape index (κ1) is 17.8. The zero-order valence-electron chi connectivity index (χ0n) is 15.0. The van der Waals surface area contributed by atoms with Crippen molar-refractivity contribution < 1.29 is 4.79 Å². The number of hydrogen-bond donors (Lipinski definition) is 2. The highest BCUT2D eigenvalue weighted by molar-refractivity contribution is 5.89. The van der Waals surface area contributed by atoms with Crippen molar-refractivity contribution in [2.24, 2.45) is 5.92 Å². The Morgan fingerprint density at radius 2 is 2.09 bits per heavy atom. The molecule has 1 aliphatic heterocycles. The van der Waals surface area contributed by atoms with Gasteiger partial charge in [-0.2, -0.15) is 0 Å². The molecule has 23 heavy (non-hydrogen) atoms. The first-order valence-corrected chi connectivity index (χ1v) is 8.82. The topological polar surface area (TPSA) is 44.4 Å². The average Bonchev–Trinajstić information content (AvgIpc) is 2.51. The highest BCUT2D eigenvalue weighted by Crippen LogP contribution is 2.20. The van der Waals surface area contributed by atoms with Crippen molar-refractivity contribution in [2.75, 3.05) is 25.0 Å². The van der Waals surface area contributed by atoms with E-state index in [0.29, 0.717) is 12.0 Å². The number of hydrogen-bond acceptors (Lipinski definition) is 2. The predicted octanol–water partition coefficient (Wildman–Crippen LogP) is 3.94. The number of anilines is 1. The van der Waals surface area contributed by atoms with E-state index in [-0.39, 0.29) is 6.03 Å². The van der Waals surface area contributed by atoms with Crippen LogP contribution in [0.5, 0.6) is 0 Å². The number of carbonyl (C=O) groups is 1. The first-order chi connectivity index (χ1) is 11.0. The van der Waals surface area contributed by atoms with Gasteiger partial charge in [-0.15, -0.1) is 0 Å². The Morgan fingerprint density at radius 3 is 2.78 bits per heavy atom. The van der Waals surface area contributed by atoms with Gasteiger partial charge in [0.1, 0.15) is 0 Å². The second kappa shape index (κ2) is 8.34. The molecule has 0 radical (unpaired) electrons. The van der Waals surface area contributed by atoms with E-state index in [9.17, 15) is 4.79 Å². The number of nitrogens with one attached hydrogen (secondary N) is 2. The van der Waals surface area contributed by atoms with Crippen LogP contribution in [0.1, 0.15) is 44.2 Å². The smallest absolute Gasteiger partial charge is 0.319 e. The van der Waals surface area contributed by atoms with Gasteiger partial charge in [0, 0.05) is 24.8 Å². The van der Waals surface area contributed by atoms with Gasteiger partial charge in [0.05, 0.1) is 0 Å². The van der Waals surface area contributed by atoms with Crippen molar-refractivity contribution >= 4 is 11.7 Å². The number of rotatable bonds is 5. The SMILES string of the molecule is Cc1ccc(NC(=O)NCC[C@@H]2CCCN(C(C)C)C2)cc1C. The minimum atomic E-state index is -0.107. The summed E-state index contributed by atoms with van der Waals surface area (Å²) in [6.45, 7) is 11.8. The average molecular weight is 317 g/mol. The van der Waals surface area contributed by atoms with Crippen LogP contribution in [0.15, 0.2) is 18.2 Å². The molecule has 128 valence electrons. The van der Waals surface area contributed by atoms with Crippen LogP contribution in [-0.2, 0) is 0 Å². The highest BCUT2D eigenvalue weighted by atomic mass is 16.2. The lowest BCUT2D eigenvalue weighted by molar-refractivity contribution is 0.135. The predicted molar refractivity (Wildman–Crippen MR) is 97.0 cm³/mol. The van der Waals surface area contributed by atoms with Crippen LogP contribution in [0.3, 0.4) is 0 Å². The molecule has 1 heterocycles. The molecule has 1 aliphatic rings.